The number of nitrogens with two attached hydrogens (primary N) is 1. The normalized spacial score (nSPS) is 12.5. The lowest BCUT2D eigenvalue weighted by atomic mass is 9.94. The zero-order chi connectivity index (χ0) is 25.0. The zero-order valence-electron chi connectivity index (χ0n) is 19.0. The third-order valence-corrected chi connectivity index (χ3v) is 5.32. The fourth-order valence-corrected chi connectivity index (χ4v) is 3.68. The van der Waals surface area contributed by atoms with Crippen LogP contribution in [0.25, 0.3) is 5.57 Å². The largest absolute Gasteiger partial charge is 0.478 e. The Labute approximate surface area is 196 Å². The summed E-state index contributed by atoms with van der Waals surface area (Å²) in [6.07, 6.45) is 1.67. The smallest absolute Gasteiger partial charge is 0.338 e. The van der Waals surface area contributed by atoms with Gasteiger partial charge in [0.05, 0.1) is 23.0 Å². The average molecular weight is 461 g/mol. The van der Waals surface area contributed by atoms with Crippen molar-refractivity contribution in [3.8, 4) is 0 Å². The van der Waals surface area contributed by atoms with Gasteiger partial charge in [-0.1, -0.05) is 24.3 Å². The van der Waals surface area contributed by atoms with Gasteiger partial charge in [-0.15, -0.1) is 0 Å². The summed E-state index contributed by atoms with van der Waals surface area (Å²) in [5.74, 6) is -2.51. The Morgan fingerprint density at radius 3 is 2.29 bits per heavy atom. The van der Waals surface area contributed by atoms with E-state index in [9.17, 15) is 14.0 Å². The minimum absolute atomic E-state index is 0.0177. The predicted octanol–water partition coefficient (Wildman–Crippen LogP) is 4.79. The van der Waals surface area contributed by atoms with Crippen LogP contribution in [0.15, 0.2) is 66.5 Å². The molecule has 1 aromatic heterocycles. The van der Waals surface area contributed by atoms with E-state index in [1.165, 1.54) is 13.0 Å². The third-order valence-electron chi connectivity index (χ3n) is 5.32. The molecule has 0 amide bonds. The number of rotatable bonds is 8. The lowest BCUT2D eigenvalue weighted by Gasteiger charge is -2.20. The Balaban J connectivity index is 2.11. The quantitative estimate of drug-likeness (QED) is 0.283. The maximum absolute atomic E-state index is 14.3. The molecular weight excluding hydrogens is 435 g/mol. The van der Waals surface area contributed by atoms with Gasteiger partial charge in [-0.3, -0.25) is 15.2 Å². The van der Waals surface area contributed by atoms with Crippen LogP contribution in [-0.2, 0) is 4.79 Å². The number of nitrogens with one attached hydrogen (secondary N) is 2. The molecule has 0 aliphatic heterocycles. The Kier molecular flexibility index (Phi) is 7.21. The van der Waals surface area contributed by atoms with Crippen molar-refractivity contribution in [3.63, 3.8) is 0 Å². The van der Waals surface area contributed by atoms with Crippen LogP contribution in [0.3, 0.4) is 0 Å². The lowest BCUT2D eigenvalue weighted by Crippen LogP contribution is -2.14. The summed E-state index contributed by atoms with van der Waals surface area (Å²) < 4.78 is 14.3. The van der Waals surface area contributed by atoms with E-state index >= 15 is 0 Å². The fraction of sp³-hybridized carbons (Fsp3) is 0.154. The molecule has 0 aliphatic carbocycles. The molecule has 174 valence electrons. The van der Waals surface area contributed by atoms with Gasteiger partial charge in [0.15, 0.2) is 5.78 Å². The van der Waals surface area contributed by atoms with E-state index in [0.717, 1.165) is 17.8 Å². The summed E-state index contributed by atoms with van der Waals surface area (Å²) in [5, 5.41) is 21.1. The number of Topliss-reactive ketones (excluding diaryl/α,β-unsaturated/α-hetero) is 1. The van der Waals surface area contributed by atoms with E-state index < -0.39 is 17.3 Å². The van der Waals surface area contributed by atoms with Crippen LogP contribution in [-0.4, -0.2) is 27.6 Å². The molecule has 0 unspecified atom stereocenters. The van der Waals surface area contributed by atoms with Crippen molar-refractivity contribution >= 4 is 28.7 Å². The molecule has 0 radical (unpaired) electrons. The molecule has 3 rings (SSSR count). The van der Waals surface area contributed by atoms with Crippen molar-refractivity contribution in [2.45, 2.75) is 26.8 Å². The van der Waals surface area contributed by atoms with Gasteiger partial charge >= 0.3 is 5.97 Å². The van der Waals surface area contributed by atoms with E-state index in [4.69, 9.17) is 16.2 Å². The van der Waals surface area contributed by atoms with E-state index in [0.29, 0.717) is 28.1 Å². The van der Waals surface area contributed by atoms with Crippen LogP contribution < -0.4 is 11.1 Å². The van der Waals surface area contributed by atoms with Crippen molar-refractivity contribution in [1.82, 2.24) is 4.98 Å². The number of carbonyl (C=O) groups excluding carboxylic acids is 1. The topological polar surface area (TPSA) is 129 Å². The van der Waals surface area contributed by atoms with E-state index in [1.54, 1.807) is 37.4 Å². The number of halogens is 1. The molecule has 7 nitrogen and oxygen atoms in total. The Bertz CT molecular complexity index is 1300. The number of allylic oxidation sites excluding steroid dienone is 2. The van der Waals surface area contributed by atoms with Gasteiger partial charge in [0, 0.05) is 34.3 Å². The molecule has 1 heterocycles. The predicted molar refractivity (Wildman–Crippen MR) is 129 cm³/mol. The molecule has 5 N–H and O–H groups in total. The molecule has 0 fully saturated rings. The monoisotopic (exact) mass is 460 g/mol. The first-order valence-corrected chi connectivity index (χ1v) is 10.5. The number of anilines is 1. The molecule has 2 aromatic carbocycles. The maximum Gasteiger partial charge on any atom is 0.338 e. The number of ketones is 1. The van der Waals surface area contributed by atoms with Gasteiger partial charge in [-0.25, -0.2) is 9.18 Å². The molecule has 0 aliphatic rings. The van der Waals surface area contributed by atoms with Gasteiger partial charge in [-0.05, 0) is 56.7 Å². The second-order valence-electron chi connectivity index (χ2n) is 7.87. The van der Waals surface area contributed by atoms with Crippen LogP contribution in [0.4, 0.5) is 10.1 Å². The van der Waals surface area contributed by atoms with Crippen LogP contribution >= 0.6 is 0 Å². The van der Waals surface area contributed by atoms with Crippen LogP contribution in [0.5, 0.6) is 0 Å². The molecule has 34 heavy (non-hydrogen) atoms. The summed E-state index contributed by atoms with van der Waals surface area (Å²) in [7, 11) is 0. The number of carboxylic acids is 1. The molecule has 3 aromatic rings. The highest BCUT2D eigenvalue weighted by Gasteiger charge is 2.19. The standard InChI is InChI=1S/C26H25FN4O3/c1-14(28)24(16(3)32)17-7-10-20(23(13-17)31-15(2)22-6-4-5-11-30-22)25(29)18-8-9-19(26(33)34)21(27)12-18/h4-13,15,29,31H,28H2,1-3H3,(H,33,34)/t15-/m0/s1. The molecule has 8 heteroatoms. The second-order valence-corrected chi connectivity index (χ2v) is 7.87. The van der Waals surface area contributed by atoms with Crippen LogP contribution in [0, 0.1) is 11.2 Å². The van der Waals surface area contributed by atoms with Gasteiger partial charge < -0.3 is 16.2 Å². The van der Waals surface area contributed by atoms with Crippen molar-refractivity contribution in [2.75, 3.05) is 5.32 Å². The molecule has 0 saturated heterocycles. The van der Waals surface area contributed by atoms with Crippen molar-refractivity contribution in [1.29, 1.82) is 5.41 Å². The summed E-state index contributed by atoms with van der Waals surface area (Å²) in [6, 6.07) is 13.9. The first-order valence-electron chi connectivity index (χ1n) is 10.5. The molecule has 0 spiro atoms. The highest BCUT2D eigenvalue weighted by atomic mass is 19.1. The number of carbonyl (C=O) groups is 2. The second kappa shape index (κ2) is 10.1. The maximum atomic E-state index is 14.3. The van der Waals surface area contributed by atoms with Gasteiger partial charge in [0.1, 0.15) is 5.82 Å². The molecule has 0 saturated carbocycles. The fourth-order valence-electron chi connectivity index (χ4n) is 3.68. The summed E-state index contributed by atoms with van der Waals surface area (Å²) in [5.41, 5.74) is 8.70. The molecule has 0 bridgehead atoms. The number of pyridine rings is 1. The summed E-state index contributed by atoms with van der Waals surface area (Å²) >= 11 is 0. The number of aromatic carboxylic acids is 1. The molecule has 1 atom stereocenters. The highest BCUT2D eigenvalue weighted by molar-refractivity contribution is 6.21. The van der Waals surface area contributed by atoms with Gasteiger partial charge in [0.25, 0.3) is 0 Å². The van der Waals surface area contributed by atoms with Gasteiger partial charge in [0.2, 0.25) is 0 Å². The van der Waals surface area contributed by atoms with E-state index in [2.05, 4.69) is 10.3 Å². The number of benzene rings is 2. The third kappa shape index (κ3) is 5.17. The van der Waals surface area contributed by atoms with Gasteiger partial charge in [-0.2, -0.15) is 0 Å². The minimum atomic E-state index is -1.38. The Morgan fingerprint density at radius 2 is 1.74 bits per heavy atom. The highest BCUT2D eigenvalue weighted by Crippen LogP contribution is 2.29. The van der Waals surface area contributed by atoms with Crippen LogP contribution in [0.1, 0.15) is 59.6 Å². The lowest BCUT2D eigenvalue weighted by molar-refractivity contribution is -0.111. The Morgan fingerprint density at radius 1 is 1.06 bits per heavy atom. The van der Waals surface area contributed by atoms with Crippen molar-refractivity contribution in [3.05, 3.63) is 100 Å². The number of hydrogen-bond acceptors (Lipinski definition) is 6. The van der Waals surface area contributed by atoms with E-state index in [1.807, 2.05) is 19.1 Å². The number of hydrogen-bond donors (Lipinski definition) is 4. The SMILES string of the molecule is CC(=O)C(=C(C)N)c1ccc(C(=N)c2ccc(C(=O)O)c(F)c2)c(N[C@@H](C)c2ccccn2)c1. The zero-order valence-corrected chi connectivity index (χ0v) is 19.0. The first-order chi connectivity index (χ1) is 16.1. The number of nitrogens with zero attached hydrogens (tertiary/aromatic N) is 1. The summed E-state index contributed by atoms with van der Waals surface area (Å²) in [6.45, 7) is 4.97. The Hall–Kier alpha value is -4.33. The van der Waals surface area contributed by atoms with Crippen molar-refractivity contribution < 1.29 is 19.1 Å². The average Bonchev–Trinajstić information content (AvgIpc) is 2.78. The minimum Gasteiger partial charge on any atom is -0.478 e. The van der Waals surface area contributed by atoms with E-state index in [-0.39, 0.29) is 23.1 Å². The number of aromatic nitrogens is 1. The summed E-state index contributed by atoms with van der Waals surface area (Å²) in [4.78, 5) is 27.7. The first kappa shape index (κ1) is 24.3. The van der Waals surface area contributed by atoms with Crippen molar-refractivity contribution in [2.24, 2.45) is 5.73 Å². The molecular formula is C26H25FN4O3. The van der Waals surface area contributed by atoms with Crippen LogP contribution in [0.2, 0.25) is 0 Å². The number of carboxylic acid groups (broad SMARTS) is 1.